The summed E-state index contributed by atoms with van der Waals surface area (Å²) in [6.45, 7) is 6.86. The Balaban J connectivity index is 2.12. The molecule has 0 bridgehead atoms. The number of hydrogen-bond donors (Lipinski definition) is 0. The van der Waals surface area contributed by atoms with Gasteiger partial charge in [-0.15, -0.1) is 0 Å². The van der Waals surface area contributed by atoms with Crippen LogP contribution in [0.5, 0.6) is 0 Å². The predicted molar refractivity (Wildman–Crippen MR) is 99.3 cm³/mol. The van der Waals surface area contributed by atoms with E-state index >= 15 is 0 Å². The van der Waals surface area contributed by atoms with Gasteiger partial charge in [0.15, 0.2) is 0 Å². The molecule has 0 N–H and O–H groups in total. The van der Waals surface area contributed by atoms with Crippen LogP contribution >= 0.6 is 0 Å². The Morgan fingerprint density at radius 1 is 0.840 bits per heavy atom. The number of rotatable bonds is 8. The molecule has 0 atom stereocenters. The minimum Gasteiger partial charge on any atom is -0.166 e. The van der Waals surface area contributed by atoms with E-state index in [1.165, 1.54) is 44.6 Å². The second-order valence-electron chi connectivity index (χ2n) is 7.92. The van der Waals surface area contributed by atoms with Crippen molar-refractivity contribution in [3.8, 4) is 11.8 Å². The lowest BCUT2D eigenvalue weighted by atomic mass is 9.89. The van der Waals surface area contributed by atoms with E-state index < -0.39 is 11.7 Å². The number of benzene rings is 1. The van der Waals surface area contributed by atoms with Crippen LogP contribution < -0.4 is 0 Å². The molecule has 0 aliphatic heterocycles. The molecule has 1 aromatic rings. The molecule has 140 valence electrons. The third-order valence-corrected chi connectivity index (χ3v) is 4.15. The van der Waals surface area contributed by atoms with Crippen LogP contribution in [0.1, 0.15) is 89.7 Å². The molecule has 0 saturated carbocycles. The smallest absolute Gasteiger partial charge is 0.166 e. The van der Waals surface area contributed by atoms with Gasteiger partial charge in [0.05, 0.1) is 5.56 Å². The van der Waals surface area contributed by atoms with E-state index in [1.54, 1.807) is 6.07 Å². The summed E-state index contributed by atoms with van der Waals surface area (Å²) in [6.07, 6.45) is 6.32. The fraction of sp³-hybridized carbons (Fsp3) is 0.636. The highest BCUT2D eigenvalue weighted by atomic mass is 19.4. The van der Waals surface area contributed by atoms with E-state index in [4.69, 9.17) is 0 Å². The van der Waals surface area contributed by atoms with Gasteiger partial charge in [0, 0.05) is 12.0 Å². The van der Waals surface area contributed by atoms with Crippen molar-refractivity contribution < 1.29 is 13.2 Å². The van der Waals surface area contributed by atoms with Crippen LogP contribution in [0.3, 0.4) is 0 Å². The van der Waals surface area contributed by atoms with Crippen LogP contribution in [0.2, 0.25) is 0 Å². The molecule has 0 aliphatic rings. The van der Waals surface area contributed by atoms with Crippen LogP contribution in [0, 0.1) is 17.3 Å². The molecule has 0 aromatic heterocycles. The third-order valence-electron chi connectivity index (χ3n) is 4.15. The minimum absolute atomic E-state index is 0.439. The monoisotopic (exact) mass is 352 g/mol. The van der Waals surface area contributed by atoms with Crippen molar-refractivity contribution in [2.45, 2.75) is 84.7 Å². The van der Waals surface area contributed by atoms with Crippen molar-refractivity contribution in [3.05, 3.63) is 35.4 Å². The molecule has 0 nitrogen and oxygen atoms in total. The van der Waals surface area contributed by atoms with Gasteiger partial charge in [-0.25, -0.2) is 0 Å². The van der Waals surface area contributed by atoms with E-state index in [9.17, 15) is 13.2 Å². The summed E-state index contributed by atoms with van der Waals surface area (Å²) in [4.78, 5) is 0. The molecule has 0 saturated heterocycles. The molecule has 1 rings (SSSR count). The minimum atomic E-state index is -4.30. The normalized spacial score (nSPS) is 11.9. The lowest BCUT2D eigenvalue weighted by Crippen LogP contribution is -2.04. The van der Waals surface area contributed by atoms with E-state index in [0.29, 0.717) is 11.0 Å². The maximum Gasteiger partial charge on any atom is 0.416 e. The molecule has 25 heavy (non-hydrogen) atoms. The molecule has 0 aliphatic carbocycles. The Kier molecular flexibility index (Phi) is 9.11. The Morgan fingerprint density at radius 3 is 2.04 bits per heavy atom. The maximum atomic E-state index is 12.6. The molecule has 0 unspecified atom stereocenters. The molecule has 3 heteroatoms. The zero-order valence-corrected chi connectivity index (χ0v) is 15.8. The van der Waals surface area contributed by atoms with Gasteiger partial charge in [-0.05, 0) is 36.5 Å². The summed E-state index contributed by atoms with van der Waals surface area (Å²) < 4.78 is 37.9. The van der Waals surface area contributed by atoms with Gasteiger partial charge < -0.3 is 0 Å². The van der Waals surface area contributed by atoms with E-state index in [1.807, 2.05) is 0 Å². The average Bonchev–Trinajstić information content (AvgIpc) is 2.51. The first-order chi connectivity index (χ1) is 11.7. The van der Waals surface area contributed by atoms with Crippen molar-refractivity contribution in [2.75, 3.05) is 0 Å². The second kappa shape index (κ2) is 10.5. The van der Waals surface area contributed by atoms with Gasteiger partial charge in [0.2, 0.25) is 0 Å². The number of halogens is 3. The van der Waals surface area contributed by atoms with E-state index in [-0.39, 0.29) is 0 Å². The SMILES string of the molecule is CC(C)(C)CCCCCCCCCC#Cc1cccc(C(F)(F)F)c1. The molecule has 0 radical (unpaired) electrons. The van der Waals surface area contributed by atoms with Gasteiger partial charge in [-0.2, -0.15) is 13.2 Å². The number of unbranched alkanes of at least 4 members (excludes halogenated alkanes) is 7. The summed E-state index contributed by atoms with van der Waals surface area (Å²) in [5, 5.41) is 0. The first-order valence-electron chi connectivity index (χ1n) is 9.35. The summed E-state index contributed by atoms with van der Waals surface area (Å²) in [6, 6.07) is 5.23. The lowest BCUT2D eigenvalue weighted by Gasteiger charge is -2.17. The second-order valence-corrected chi connectivity index (χ2v) is 7.92. The van der Waals surface area contributed by atoms with Gasteiger partial charge in [0.1, 0.15) is 0 Å². The maximum absolute atomic E-state index is 12.6. The van der Waals surface area contributed by atoms with Crippen molar-refractivity contribution in [1.29, 1.82) is 0 Å². The van der Waals surface area contributed by atoms with Crippen LogP contribution in [0.4, 0.5) is 13.2 Å². The van der Waals surface area contributed by atoms with Crippen LogP contribution in [-0.2, 0) is 6.18 Å². The van der Waals surface area contributed by atoms with Crippen molar-refractivity contribution in [3.63, 3.8) is 0 Å². The Hall–Kier alpha value is -1.43. The fourth-order valence-corrected chi connectivity index (χ4v) is 2.69. The Bertz CT molecular complexity index is 553. The zero-order chi connectivity index (χ0) is 18.8. The standard InChI is InChI=1S/C22H31F3/c1-21(2,3)17-12-10-8-6-4-5-7-9-11-14-19-15-13-16-20(18-19)22(23,24)25/h13,15-16,18H,4-10,12,17H2,1-3H3. The molecule has 1 aromatic carbocycles. The predicted octanol–water partition coefficient (Wildman–Crippen LogP) is 7.61. The molecule has 0 spiro atoms. The van der Waals surface area contributed by atoms with Crippen molar-refractivity contribution >= 4 is 0 Å². The van der Waals surface area contributed by atoms with Gasteiger partial charge in [-0.1, -0.05) is 77.2 Å². The quantitative estimate of drug-likeness (QED) is 0.333. The topological polar surface area (TPSA) is 0 Å². The van der Waals surface area contributed by atoms with Crippen molar-refractivity contribution in [1.82, 2.24) is 0 Å². The molecule has 0 heterocycles. The third kappa shape index (κ3) is 10.9. The summed E-state index contributed by atoms with van der Waals surface area (Å²) in [5.41, 5.74) is 0.248. The molecular formula is C22H31F3. The zero-order valence-electron chi connectivity index (χ0n) is 15.8. The van der Waals surface area contributed by atoms with Gasteiger partial charge >= 0.3 is 6.18 Å². The van der Waals surface area contributed by atoms with Gasteiger partial charge in [0.25, 0.3) is 0 Å². The van der Waals surface area contributed by atoms with Crippen LogP contribution in [-0.4, -0.2) is 0 Å². The molecule has 0 amide bonds. The first-order valence-corrected chi connectivity index (χ1v) is 9.35. The highest BCUT2D eigenvalue weighted by Crippen LogP contribution is 2.29. The van der Waals surface area contributed by atoms with Gasteiger partial charge in [-0.3, -0.25) is 0 Å². The highest BCUT2D eigenvalue weighted by Gasteiger charge is 2.30. The average molecular weight is 352 g/mol. The molecule has 0 fully saturated rings. The summed E-state index contributed by atoms with van der Waals surface area (Å²) >= 11 is 0. The largest absolute Gasteiger partial charge is 0.416 e. The van der Waals surface area contributed by atoms with Crippen molar-refractivity contribution in [2.24, 2.45) is 5.41 Å². The van der Waals surface area contributed by atoms with Crippen LogP contribution in [0.15, 0.2) is 24.3 Å². The number of hydrogen-bond acceptors (Lipinski definition) is 0. The number of alkyl halides is 3. The van der Waals surface area contributed by atoms with E-state index in [2.05, 4.69) is 32.6 Å². The Labute approximate surface area is 151 Å². The Morgan fingerprint density at radius 2 is 1.44 bits per heavy atom. The van der Waals surface area contributed by atoms with E-state index in [0.717, 1.165) is 31.4 Å². The summed E-state index contributed by atoms with van der Waals surface area (Å²) in [5.74, 6) is 5.83. The summed E-state index contributed by atoms with van der Waals surface area (Å²) in [7, 11) is 0. The lowest BCUT2D eigenvalue weighted by molar-refractivity contribution is -0.137. The highest BCUT2D eigenvalue weighted by molar-refractivity contribution is 5.37. The first kappa shape index (κ1) is 21.6. The fourth-order valence-electron chi connectivity index (χ4n) is 2.69. The molecular weight excluding hydrogens is 321 g/mol. The van der Waals surface area contributed by atoms with Crippen LogP contribution in [0.25, 0.3) is 0 Å².